The highest BCUT2D eigenvalue weighted by molar-refractivity contribution is 6.30. The molecule has 0 aromatic heterocycles. The summed E-state index contributed by atoms with van der Waals surface area (Å²) in [7, 11) is 0. The molecule has 1 aliphatic rings. The number of ether oxygens (including phenoxy) is 1. The number of likely N-dealkylation sites (tertiary alicyclic amines) is 1. The van der Waals surface area contributed by atoms with E-state index in [4.69, 9.17) is 21.4 Å². The Morgan fingerprint density at radius 3 is 2.70 bits per heavy atom. The lowest BCUT2D eigenvalue weighted by Crippen LogP contribution is -2.41. The number of aliphatic carboxylic acids is 1. The Bertz CT molecular complexity index is 747. The van der Waals surface area contributed by atoms with Crippen molar-refractivity contribution in [3.63, 3.8) is 0 Å². The Balaban J connectivity index is 1.54. The summed E-state index contributed by atoms with van der Waals surface area (Å²) >= 11 is 6.07. The normalized spacial score (nSPS) is 17.7. The highest BCUT2D eigenvalue weighted by Crippen LogP contribution is 2.24. The molecule has 0 saturated carbocycles. The molecule has 1 aliphatic heterocycles. The average Bonchev–Trinajstić information content (AvgIpc) is 2.67. The number of rotatable bonds is 8. The van der Waals surface area contributed by atoms with Gasteiger partial charge < -0.3 is 9.84 Å². The van der Waals surface area contributed by atoms with Crippen molar-refractivity contribution >= 4 is 17.6 Å². The van der Waals surface area contributed by atoms with Crippen LogP contribution in [0, 0.1) is 0 Å². The van der Waals surface area contributed by atoms with Crippen molar-refractivity contribution < 1.29 is 14.6 Å². The topological polar surface area (TPSA) is 49.8 Å². The lowest BCUT2D eigenvalue weighted by atomic mass is 10.0. The van der Waals surface area contributed by atoms with Gasteiger partial charge >= 0.3 is 5.97 Å². The lowest BCUT2D eigenvalue weighted by Gasteiger charge is -2.35. The molecular weight excluding hydrogens is 362 g/mol. The fraction of sp³-hybridized carbons (Fsp3) is 0.409. The number of carbonyl (C=O) groups is 1. The van der Waals surface area contributed by atoms with Crippen molar-refractivity contribution in [2.75, 3.05) is 13.1 Å². The van der Waals surface area contributed by atoms with Crippen LogP contribution in [0.3, 0.4) is 0 Å². The first-order valence-electron chi connectivity index (χ1n) is 9.54. The minimum atomic E-state index is -0.732. The minimum Gasteiger partial charge on any atom is -0.481 e. The first-order chi connectivity index (χ1) is 13.1. The zero-order chi connectivity index (χ0) is 19.1. The summed E-state index contributed by atoms with van der Waals surface area (Å²) in [5, 5.41) is 9.56. The zero-order valence-corrected chi connectivity index (χ0v) is 16.2. The third-order valence-electron chi connectivity index (χ3n) is 4.94. The second-order valence-electron chi connectivity index (χ2n) is 7.00. The summed E-state index contributed by atoms with van der Waals surface area (Å²) in [6, 6.07) is 16.2. The first kappa shape index (κ1) is 19.9. The van der Waals surface area contributed by atoms with Crippen LogP contribution in [-0.4, -0.2) is 35.3 Å². The van der Waals surface area contributed by atoms with E-state index in [0.717, 1.165) is 54.1 Å². The maximum Gasteiger partial charge on any atom is 0.303 e. The number of benzene rings is 2. The quantitative estimate of drug-likeness (QED) is 0.676. The van der Waals surface area contributed by atoms with Crippen molar-refractivity contribution in [3.8, 4) is 11.1 Å². The maximum absolute atomic E-state index is 10.7. The molecule has 1 N–H and O–H groups in total. The predicted molar refractivity (Wildman–Crippen MR) is 108 cm³/mol. The highest BCUT2D eigenvalue weighted by atomic mass is 35.5. The zero-order valence-electron chi connectivity index (χ0n) is 15.4. The van der Waals surface area contributed by atoms with E-state index in [2.05, 4.69) is 35.2 Å². The monoisotopic (exact) mass is 387 g/mol. The number of piperidine rings is 1. The minimum absolute atomic E-state index is 0.0835. The maximum atomic E-state index is 10.7. The van der Waals surface area contributed by atoms with Crippen LogP contribution in [0.15, 0.2) is 48.5 Å². The molecule has 1 heterocycles. The molecule has 2 aromatic rings. The van der Waals surface area contributed by atoms with Gasteiger partial charge in [-0.3, -0.25) is 9.69 Å². The fourth-order valence-electron chi connectivity index (χ4n) is 3.49. The molecule has 0 aliphatic carbocycles. The first-order valence-corrected chi connectivity index (χ1v) is 9.92. The summed E-state index contributed by atoms with van der Waals surface area (Å²) in [4.78, 5) is 13.0. The molecule has 3 rings (SSSR count). The summed E-state index contributed by atoms with van der Waals surface area (Å²) in [5.74, 6) is -0.732. The van der Waals surface area contributed by atoms with Crippen molar-refractivity contribution in [2.45, 2.75) is 44.9 Å². The molecule has 144 valence electrons. The molecule has 1 atom stereocenters. The van der Waals surface area contributed by atoms with E-state index in [1.165, 1.54) is 0 Å². The second-order valence-corrected chi connectivity index (χ2v) is 7.44. The molecule has 4 nitrogen and oxygen atoms in total. The molecule has 27 heavy (non-hydrogen) atoms. The molecular formula is C22H26ClNO3. The number of carboxylic acids is 1. The van der Waals surface area contributed by atoms with Gasteiger partial charge in [-0.2, -0.15) is 0 Å². The second kappa shape index (κ2) is 9.88. The van der Waals surface area contributed by atoms with E-state index in [1.54, 1.807) is 0 Å². The molecule has 1 unspecified atom stereocenters. The van der Waals surface area contributed by atoms with Gasteiger partial charge in [0.05, 0.1) is 6.61 Å². The average molecular weight is 388 g/mol. The van der Waals surface area contributed by atoms with Crippen molar-refractivity contribution in [1.29, 1.82) is 0 Å². The van der Waals surface area contributed by atoms with Crippen LogP contribution in [0.25, 0.3) is 11.1 Å². The van der Waals surface area contributed by atoms with Crippen LogP contribution < -0.4 is 0 Å². The van der Waals surface area contributed by atoms with Gasteiger partial charge in [-0.25, -0.2) is 0 Å². The Labute approximate surface area is 165 Å². The number of carboxylic acid groups (broad SMARTS) is 1. The van der Waals surface area contributed by atoms with E-state index >= 15 is 0 Å². The van der Waals surface area contributed by atoms with Crippen molar-refractivity contribution in [1.82, 2.24) is 4.90 Å². The number of hydrogen-bond donors (Lipinski definition) is 1. The van der Waals surface area contributed by atoms with Gasteiger partial charge in [-0.15, -0.1) is 0 Å². The van der Waals surface area contributed by atoms with Gasteiger partial charge in [0.2, 0.25) is 0 Å². The standard InChI is InChI=1S/C22H26ClNO3/c23-20-6-3-5-19(15-20)18-11-9-17(10-12-18)16-27-21-7-1-2-13-24(21)14-4-8-22(25)26/h3,5-6,9-12,15,21H,1-2,4,7-8,13-14,16H2,(H,25,26). The van der Waals surface area contributed by atoms with Crippen LogP contribution in [0.4, 0.5) is 0 Å². The molecule has 0 radical (unpaired) electrons. The van der Waals surface area contributed by atoms with Crippen molar-refractivity contribution in [3.05, 3.63) is 59.1 Å². The molecule has 0 bridgehead atoms. The third-order valence-corrected chi connectivity index (χ3v) is 5.18. The van der Waals surface area contributed by atoms with Gasteiger partial charge in [-0.05, 0) is 54.5 Å². The smallest absolute Gasteiger partial charge is 0.303 e. The summed E-state index contributed by atoms with van der Waals surface area (Å²) in [6.45, 7) is 2.33. The van der Waals surface area contributed by atoms with Crippen LogP contribution in [-0.2, 0) is 16.1 Å². The molecule has 0 spiro atoms. The largest absolute Gasteiger partial charge is 0.481 e. The summed E-state index contributed by atoms with van der Waals surface area (Å²) in [6.07, 6.45) is 4.29. The van der Waals surface area contributed by atoms with Gasteiger partial charge in [0, 0.05) is 24.5 Å². The lowest BCUT2D eigenvalue weighted by molar-refractivity contribution is -0.137. The number of nitrogens with zero attached hydrogens (tertiary/aromatic N) is 1. The van der Waals surface area contributed by atoms with Gasteiger partial charge in [0.15, 0.2) is 0 Å². The van der Waals surface area contributed by atoms with E-state index in [0.29, 0.717) is 13.0 Å². The van der Waals surface area contributed by atoms with Gasteiger partial charge in [0.25, 0.3) is 0 Å². The van der Waals surface area contributed by atoms with E-state index < -0.39 is 5.97 Å². The van der Waals surface area contributed by atoms with Crippen LogP contribution in [0.1, 0.15) is 37.7 Å². The van der Waals surface area contributed by atoms with Gasteiger partial charge in [-0.1, -0.05) is 48.0 Å². The molecule has 1 saturated heterocycles. The molecule has 1 fully saturated rings. The summed E-state index contributed by atoms with van der Waals surface area (Å²) < 4.78 is 6.16. The fourth-order valence-corrected chi connectivity index (χ4v) is 3.68. The van der Waals surface area contributed by atoms with E-state index in [-0.39, 0.29) is 12.6 Å². The Morgan fingerprint density at radius 1 is 1.15 bits per heavy atom. The van der Waals surface area contributed by atoms with Crippen LogP contribution in [0.2, 0.25) is 5.02 Å². The molecule has 5 heteroatoms. The Kier molecular flexibility index (Phi) is 7.27. The van der Waals surface area contributed by atoms with Gasteiger partial charge in [0.1, 0.15) is 6.23 Å². The van der Waals surface area contributed by atoms with Crippen molar-refractivity contribution in [2.24, 2.45) is 0 Å². The number of hydrogen-bond acceptors (Lipinski definition) is 3. The molecule has 0 amide bonds. The third kappa shape index (κ3) is 6.06. The van der Waals surface area contributed by atoms with Crippen LogP contribution >= 0.6 is 11.6 Å². The number of halogens is 1. The van der Waals surface area contributed by atoms with Crippen LogP contribution in [0.5, 0.6) is 0 Å². The summed E-state index contributed by atoms with van der Waals surface area (Å²) in [5.41, 5.74) is 3.37. The Morgan fingerprint density at radius 2 is 1.96 bits per heavy atom. The Hall–Kier alpha value is -1.88. The van der Waals surface area contributed by atoms with E-state index in [1.807, 2.05) is 18.2 Å². The highest BCUT2D eigenvalue weighted by Gasteiger charge is 2.22. The molecule has 2 aromatic carbocycles. The predicted octanol–water partition coefficient (Wildman–Crippen LogP) is 5.20. The SMILES string of the molecule is O=C(O)CCCN1CCCCC1OCc1ccc(-c2cccc(Cl)c2)cc1. The van der Waals surface area contributed by atoms with E-state index in [9.17, 15) is 4.79 Å².